The fourth-order valence-corrected chi connectivity index (χ4v) is 0.662. The summed E-state index contributed by atoms with van der Waals surface area (Å²) >= 11 is 3.36. The number of hydrogen-bond donors (Lipinski definition) is 0. The molecule has 0 aromatic heterocycles. The fourth-order valence-electron chi connectivity index (χ4n) is 0.509. The summed E-state index contributed by atoms with van der Waals surface area (Å²) in [4.78, 5) is 11.0. The zero-order chi connectivity index (χ0) is 8.69. The second-order valence-corrected chi connectivity index (χ2v) is 3.21. The molecule has 0 amide bonds. The number of carbonyl (C=O) groups is 1. The highest BCUT2D eigenvalue weighted by atomic mass is 79.9. The van der Waals surface area contributed by atoms with Crippen LogP contribution in [0.5, 0.6) is 0 Å². The summed E-state index contributed by atoms with van der Waals surface area (Å²) in [5.41, 5.74) is 0. The van der Waals surface area contributed by atoms with Crippen molar-refractivity contribution >= 4 is 21.9 Å². The quantitative estimate of drug-likeness (QED) is 0.413. The van der Waals surface area contributed by atoms with E-state index in [1.165, 1.54) is 6.08 Å². The first-order chi connectivity index (χ1) is 5.20. The topological polar surface area (TPSA) is 26.3 Å². The number of hydrogen-bond acceptors (Lipinski definition) is 2. The average molecular weight is 221 g/mol. The van der Waals surface area contributed by atoms with E-state index in [4.69, 9.17) is 4.74 Å². The van der Waals surface area contributed by atoms with Crippen LogP contribution in [0.1, 0.15) is 20.3 Å². The molecule has 0 aliphatic rings. The van der Waals surface area contributed by atoms with Gasteiger partial charge in [0.2, 0.25) is 0 Å². The molecule has 1 unspecified atom stereocenters. The highest BCUT2D eigenvalue weighted by Gasteiger charge is 1.96. The number of esters is 1. The summed E-state index contributed by atoms with van der Waals surface area (Å²) in [7, 11) is 0. The Morgan fingerprint density at radius 1 is 1.64 bits per heavy atom. The van der Waals surface area contributed by atoms with Crippen LogP contribution in [0.2, 0.25) is 0 Å². The highest BCUT2D eigenvalue weighted by Crippen LogP contribution is 2.05. The molecule has 1 atom stereocenters. The number of alkyl halides is 1. The molecule has 0 saturated carbocycles. The van der Waals surface area contributed by atoms with Gasteiger partial charge in [0.05, 0.1) is 6.61 Å². The van der Waals surface area contributed by atoms with Crippen LogP contribution < -0.4 is 0 Å². The van der Waals surface area contributed by atoms with Crippen molar-refractivity contribution in [3.63, 3.8) is 0 Å². The van der Waals surface area contributed by atoms with Crippen LogP contribution in [0.15, 0.2) is 12.2 Å². The summed E-state index contributed by atoms with van der Waals surface area (Å²) in [6, 6.07) is 0. The first-order valence-electron chi connectivity index (χ1n) is 3.69. The molecule has 0 aromatic carbocycles. The lowest BCUT2D eigenvalue weighted by Gasteiger charge is -1.97. The lowest BCUT2D eigenvalue weighted by molar-refractivity contribution is -0.137. The molecule has 2 nitrogen and oxygen atoms in total. The first kappa shape index (κ1) is 10.7. The summed E-state index contributed by atoms with van der Waals surface area (Å²) in [6.45, 7) is 4.26. The van der Waals surface area contributed by atoms with E-state index in [0.29, 0.717) is 6.61 Å². The van der Waals surface area contributed by atoms with Gasteiger partial charge in [-0.05, 0) is 13.3 Å². The van der Waals surface area contributed by atoms with Gasteiger partial charge < -0.3 is 4.74 Å². The van der Waals surface area contributed by atoms with Crippen molar-refractivity contribution in [1.82, 2.24) is 0 Å². The maximum absolute atomic E-state index is 10.7. The van der Waals surface area contributed by atoms with Crippen LogP contribution in [0.4, 0.5) is 0 Å². The van der Waals surface area contributed by atoms with Gasteiger partial charge in [-0.15, -0.1) is 0 Å². The van der Waals surface area contributed by atoms with Crippen molar-refractivity contribution in [2.24, 2.45) is 0 Å². The van der Waals surface area contributed by atoms with E-state index >= 15 is 0 Å². The molecule has 0 rings (SSSR count). The molecule has 0 saturated heterocycles. The molecule has 0 fully saturated rings. The van der Waals surface area contributed by atoms with Crippen molar-refractivity contribution in [3.05, 3.63) is 12.2 Å². The number of halogens is 1. The molecule has 0 N–H and O–H groups in total. The highest BCUT2D eigenvalue weighted by molar-refractivity contribution is 9.09. The van der Waals surface area contributed by atoms with Crippen molar-refractivity contribution in [2.75, 3.05) is 6.61 Å². The molecule has 0 heterocycles. The summed E-state index contributed by atoms with van der Waals surface area (Å²) in [5.74, 6) is -0.273. The zero-order valence-corrected chi connectivity index (χ0v) is 8.43. The maximum atomic E-state index is 10.7. The Labute approximate surface area is 75.7 Å². The largest absolute Gasteiger partial charge is 0.463 e. The minimum absolute atomic E-state index is 0.270. The monoisotopic (exact) mass is 220 g/mol. The van der Waals surface area contributed by atoms with Gasteiger partial charge >= 0.3 is 5.97 Å². The van der Waals surface area contributed by atoms with E-state index in [-0.39, 0.29) is 10.8 Å². The van der Waals surface area contributed by atoms with Crippen LogP contribution in [0.3, 0.4) is 0 Å². The number of ether oxygens (including phenoxy) is 1. The number of allylic oxidation sites excluding steroid dienone is 1. The number of rotatable bonds is 4. The van der Waals surface area contributed by atoms with Crippen molar-refractivity contribution in [1.29, 1.82) is 0 Å². The Morgan fingerprint density at radius 2 is 2.27 bits per heavy atom. The van der Waals surface area contributed by atoms with Gasteiger partial charge in [0.15, 0.2) is 0 Å². The molecule has 11 heavy (non-hydrogen) atoms. The lowest BCUT2D eigenvalue weighted by Crippen LogP contribution is -2.00. The van der Waals surface area contributed by atoms with Crippen molar-refractivity contribution in [2.45, 2.75) is 25.1 Å². The van der Waals surface area contributed by atoms with Gasteiger partial charge in [-0.1, -0.05) is 28.9 Å². The second-order valence-electron chi connectivity index (χ2n) is 2.04. The molecule has 0 radical (unpaired) electrons. The molecule has 0 aromatic rings. The van der Waals surface area contributed by atoms with Gasteiger partial charge in [0.1, 0.15) is 0 Å². The lowest BCUT2D eigenvalue weighted by atomic mass is 10.3. The Morgan fingerprint density at radius 3 is 2.73 bits per heavy atom. The summed E-state index contributed by atoms with van der Waals surface area (Å²) in [5, 5.41) is 0. The molecule has 3 heteroatoms. The third kappa shape index (κ3) is 6.10. The molecule has 0 bridgehead atoms. The van der Waals surface area contributed by atoms with Gasteiger partial charge in [-0.3, -0.25) is 0 Å². The molecule has 64 valence electrons. The molecule has 0 aliphatic heterocycles. The van der Waals surface area contributed by atoms with Gasteiger partial charge in [-0.25, -0.2) is 4.79 Å². The third-order valence-corrected chi connectivity index (χ3v) is 2.07. The fraction of sp³-hybridized carbons (Fsp3) is 0.625. The maximum Gasteiger partial charge on any atom is 0.330 e. The van der Waals surface area contributed by atoms with E-state index < -0.39 is 0 Å². The van der Waals surface area contributed by atoms with E-state index in [2.05, 4.69) is 15.9 Å². The van der Waals surface area contributed by atoms with E-state index in [0.717, 1.165) is 6.42 Å². The minimum atomic E-state index is -0.273. The van der Waals surface area contributed by atoms with Crippen LogP contribution in [0.25, 0.3) is 0 Å². The Balaban J connectivity index is 3.63. The smallest absolute Gasteiger partial charge is 0.330 e. The summed E-state index contributed by atoms with van der Waals surface area (Å²) in [6.07, 6.45) is 4.21. The molecular formula is C8H13BrO2. The van der Waals surface area contributed by atoms with E-state index in [9.17, 15) is 4.79 Å². The third-order valence-electron chi connectivity index (χ3n) is 1.12. The zero-order valence-electron chi connectivity index (χ0n) is 6.84. The van der Waals surface area contributed by atoms with E-state index in [1.807, 2.05) is 6.92 Å². The normalized spacial score (nSPS) is 13.4. The summed E-state index contributed by atoms with van der Waals surface area (Å²) < 4.78 is 4.69. The Kier molecular flexibility index (Phi) is 6.22. The standard InChI is InChI=1S/C8H13BrO2/c1-3-7(9)5-6-8(10)11-4-2/h5-7H,3-4H2,1-2H3/b6-5+. The van der Waals surface area contributed by atoms with Gasteiger partial charge in [-0.2, -0.15) is 0 Å². The van der Waals surface area contributed by atoms with E-state index in [1.54, 1.807) is 13.0 Å². The molecule has 0 spiro atoms. The van der Waals surface area contributed by atoms with Crippen LogP contribution in [-0.4, -0.2) is 17.4 Å². The van der Waals surface area contributed by atoms with Crippen LogP contribution >= 0.6 is 15.9 Å². The predicted octanol–water partition coefficient (Wildman–Crippen LogP) is 2.28. The Bertz CT molecular complexity index is 143. The second kappa shape index (κ2) is 6.40. The van der Waals surface area contributed by atoms with Crippen molar-refractivity contribution in [3.8, 4) is 0 Å². The SMILES string of the molecule is CCOC(=O)/C=C/C(Br)CC. The van der Waals surface area contributed by atoms with Gasteiger partial charge in [0.25, 0.3) is 0 Å². The average Bonchev–Trinajstić information content (AvgIpc) is 2.01. The van der Waals surface area contributed by atoms with Crippen LogP contribution in [-0.2, 0) is 9.53 Å². The van der Waals surface area contributed by atoms with Gasteiger partial charge in [0, 0.05) is 10.9 Å². The first-order valence-corrected chi connectivity index (χ1v) is 4.61. The molecule has 0 aliphatic carbocycles. The number of carbonyl (C=O) groups excluding carboxylic acids is 1. The molecular weight excluding hydrogens is 208 g/mol. The predicted molar refractivity (Wildman–Crippen MR) is 48.8 cm³/mol. The van der Waals surface area contributed by atoms with Crippen molar-refractivity contribution < 1.29 is 9.53 Å². The Hall–Kier alpha value is -0.310. The van der Waals surface area contributed by atoms with Crippen LogP contribution in [0, 0.1) is 0 Å². The minimum Gasteiger partial charge on any atom is -0.463 e.